The maximum atomic E-state index is 13.5. The zero-order valence-corrected chi connectivity index (χ0v) is 10.8. The van der Waals surface area contributed by atoms with Gasteiger partial charge in [0.25, 0.3) is 0 Å². The van der Waals surface area contributed by atoms with Crippen LogP contribution in [-0.2, 0) is 0 Å². The number of halogens is 1. The molecular weight excluding hydrogens is 257 g/mol. The fraction of sp³-hybridized carbons (Fsp3) is 0.0667. The van der Waals surface area contributed by atoms with Gasteiger partial charge in [-0.1, -0.05) is 12.1 Å². The lowest BCUT2D eigenvalue weighted by Gasteiger charge is -2.09. The normalized spacial score (nSPS) is 10.5. The monoisotopic (exact) mass is 269 g/mol. The first kappa shape index (κ1) is 12.3. The van der Waals surface area contributed by atoms with Crippen LogP contribution < -0.4 is 10.1 Å². The number of para-hydroxylation sites is 1. The van der Waals surface area contributed by atoms with Gasteiger partial charge in [-0.25, -0.2) is 14.4 Å². The molecule has 0 amide bonds. The molecule has 0 aliphatic rings. The van der Waals surface area contributed by atoms with Gasteiger partial charge >= 0.3 is 0 Å². The molecule has 0 bridgehead atoms. The summed E-state index contributed by atoms with van der Waals surface area (Å²) in [4.78, 5) is 8.39. The van der Waals surface area contributed by atoms with Gasteiger partial charge in [0.2, 0.25) is 0 Å². The predicted octanol–water partition coefficient (Wildman–Crippen LogP) is 3.52. The summed E-state index contributed by atoms with van der Waals surface area (Å²) >= 11 is 0. The summed E-state index contributed by atoms with van der Waals surface area (Å²) in [6.07, 6.45) is 1.47. The molecule has 0 fully saturated rings. The van der Waals surface area contributed by atoms with Crippen LogP contribution in [0.5, 0.6) is 5.75 Å². The molecule has 0 atom stereocenters. The predicted molar refractivity (Wildman–Crippen MR) is 75.8 cm³/mol. The molecule has 1 heterocycles. The van der Waals surface area contributed by atoms with Crippen LogP contribution >= 0.6 is 0 Å². The molecule has 4 nitrogen and oxygen atoms in total. The lowest BCUT2D eigenvalue weighted by Crippen LogP contribution is -1.97. The first-order chi connectivity index (χ1) is 9.76. The molecule has 1 aromatic heterocycles. The summed E-state index contributed by atoms with van der Waals surface area (Å²) in [5, 5.41) is 3.96. The lowest BCUT2D eigenvalue weighted by molar-refractivity contribution is 0.411. The third-order valence-electron chi connectivity index (χ3n) is 2.91. The highest BCUT2D eigenvalue weighted by molar-refractivity contribution is 5.90. The molecule has 5 heteroatoms. The second-order valence-corrected chi connectivity index (χ2v) is 4.24. The summed E-state index contributed by atoms with van der Waals surface area (Å²) in [5.41, 5.74) is 1.40. The number of hydrogen-bond acceptors (Lipinski definition) is 4. The minimum Gasteiger partial charge on any atom is -0.497 e. The van der Waals surface area contributed by atoms with Crippen molar-refractivity contribution in [3.05, 3.63) is 54.6 Å². The molecule has 0 saturated carbocycles. The van der Waals surface area contributed by atoms with Crippen molar-refractivity contribution in [3.8, 4) is 5.75 Å². The molecule has 3 aromatic rings. The van der Waals surface area contributed by atoms with Crippen molar-refractivity contribution in [3.63, 3.8) is 0 Å². The Bertz CT molecular complexity index is 756. The number of anilines is 2. The fourth-order valence-corrected chi connectivity index (χ4v) is 1.99. The van der Waals surface area contributed by atoms with Crippen LogP contribution in [0.4, 0.5) is 15.9 Å². The highest BCUT2D eigenvalue weighted by Crippen LogP contribution is 2.26. The molecule has 0 aliphatic heterocycles. The van der Waals surface area contributed by atoms with Crippen molar-refractivity contribution in [1.82, 2.24) is 9.97 Å². The first-order valence-electron chi connectivity index (χ1n) is 6.07. The van der Waals surface area contributed by atoms with E-state index in [2.05, 4.69) is 15.3 Å². The summed E-state index contributed by atoms with van der Waals surface area (Å²) in [6.45, 7) is 0. The molecule has 0 aliphatic carbocycles. The van der Waals surface area contributed by atoms with Gasteiger partial charge in [0.05, 0.1) is 12.6 Å². The number of ether oxygens (including phenoxy) is 1. The van der Waals surface area contributed by atoms with Crippen molar-refractivity contribution in [2.45, 2.75) is 0 Å². The second kappa shape index (κ2) is 5.13. The SMILES string of the molecule is COc1cc(F)cc(Nc2ncnc3ccccc23)c1. The minimum absolute atomic E-state index is 0.370. The van der Waals surface area contributed by atoms with Gasteiger partial charge in [-0.05, 0) is 18.2 Å². The Kier molecular flexibility index (Phi) is 3.16. The highest BCUT2D eigenvalue weighted by atomic mass is 19.1. The van der Waals surface area contributed by atoms with E-state index in [9.17, 15) is 4.39 Å². The maximum Gasteiger partial charge on any atom is 0.141 e. The van der Waals surface area contributed by atoms with Crippen molar-refractivity contribution in [2.24, 2.45) is 0 Å². The van der Waals surface area contributed by atoms with Crippen molar-refractivity contribution in [1.29, 1.82) is 0 Å². The molecule has 0 saturated heterocycles. The first-order valence-corrected chi connectivity index (χ1v) is 6.07. The van der Waals surface area contributed by atoms with Crippen molar-refractivity contribution < 1.29 is 9.13 Å². The number of nitrogens with one attached hydrogen (secondary N) is 1. The molecule has 20 heavy (non-hydrogen) atoms. The van der Waals surface area contributed by atoms with E-state index in [1.54, 1.807) is 6.07 Å². The molecule has 1 N–H and O–H groups in total. The maximum absolute atomic E-state index is 13.5. The van der Waals surface area contributed by atoms with Crippen molar-refractivity contribution >= 4 is 22.4 Å². The van der Waals surface area contributed by atoms with Crippen LogP contribution in [-0.4, -0.2) is 17.1 Å². The number of methoxy groups -OCH3 is 1. The Labute approximate surface area is 115 Å². The van der Waals surface area contributed by atoms with E-state index in [1.807, 2.05) is 24.3 Å². The Balaban J connectivity index is 2.03. The summed E-state index contributed by atoms with van der Waals surface area (Å²) < 4.78 is 18.5. The zero-order chi connectivity index (χ0) is 13.9. The van der Waals surface area contributed by atoms with Gasteiger partial charge in [-0.3, -0.25) is 0 Å². The Hall–Kier alpha value is -2.69. The smallest absolute Gasteiger partial charge is 0.141 e. The van der Waals surface area contributed by atoms with E-state index in [1.165, 1.54) is 25.6 Å². The zero-order valence-electron chi connectivity index (χ0n) is 10.8. The third-order valence-corrected chi connectivity index (χ3v) is 2.91. The van der Waals surface area contributed by atoms with E-state index in [0.717, 1.165) is 10.9 Å². The number of nitrogens with zero attached hydrogens (tertiary/aromatic N) is 2. The molecule has 100 valence electrons. The van der Waals surface area contributed by atoms with E-state index >= 15 is 0 Å². The number of fused-ring (bicyclic) bond motifs is 1. The highest BCUT2D eigenvalue weighted by Gasteiger charge is 2.05. The molecule has 3 rings (SSSR count). The average Bonchev–Trinajstić information content (AvgIpc) is 2.47. The minimum atomic E-state index is -0.370. The molecule has 0 unspecified atom stereocenters. The van der Waals surface area contributed by atoms with Crippen LogP contribution in [0.15, 0.2) is 48.8 Å². The third kappa shape index (κ3) is 2.38. The fourth-order valence-electron chi connectivity index (χ4n) is 1.99. The van der Waals surface area contributed by atoms with E-state index in [4.69, 9.17) is 4.74 Å². The second-order valence-electron chi connectivity index (χ2n) is 4.24. The van der Waals surface area contributed by atoms with Crippen LogP contribution in [0, 0.1) is 5.82 Å². The van der Waals surface area contributed by atoms with E-state index < -0.39 is 0 Å². The average molecular weight is 269 g/mol. The van der Waals surface area contributed by atoms with Gasteiger partial charge in [0, 0.05) is 23.2 Å². The van der Waals surface area contributed by atoms with Crippen LogP contribution in [0.25, 0.3) is 10.9 Å². The largest absolute Gasteiger partial charge is 0.497 e. The molecule has 2 aromatic carbocycles. The van der Waals surface area contributed by atoms with Gasteiger partial charge in [-0.15, -0.1) is 0 Å². The standard InChI is InChI=1S/C15H12FN3O/c1-20-12-7-10(16)6-11(8-12)19-15-13-4-2-3-5-14(13)17-9-18-15/h2-9H,1H3,(H,17,18,19). The van der Waals surface area contributed by atoms with Crippen LogP contribution in [0.3, 0.4) is 0 Å². The van der Waals surface area contributed by atoms with Gasteiger partial charge < -0.3 is 10.1 Å². The molecule has 0 spiro atoms. The number of benzene rings is 2. The summed E-state index contributed by atoms with van der Waals surface area (Å²) in [5.74, 6) is 0.708. The Morgan fingerprint density at radius 2 is 1.95 bits per heavy atom. The van der Waals surface area contributed by atoms with Gasteiger partial charge in [0.1, 0.15) is 23.7 Å². The van der Waals surface area contributed by atoms with Gasteiger partial charge in [0.15, 0.2) is 0 Å². The van der Waals surface area contributed by atoms with Crippen molar-refractivity contribution in [2.75, 3.05) is 12.4 Å². The lowest BCUT2D eigenvalue weighted by atomic mass is 10.2. The van der Waals surface area contributed by atoms with Crippen LogP contribution in [0.2, 0.25) is 0 Å². The number of hydrogen-bond donors (Lipinski definition) is 1. The Morgan fingerprint density at radius 1 is 1.10 bits per heavy atom. The van der Waals surface area contributed by atoms with E-state index in [-0.39, 0.29) is 5.82 Å². The quantitative estimate of drug-likeness (QED) is 0.790. The van der Waals surface area contributed by atoms with Crippen LogP contribution in [0.1, 0.15) is 0 Å². The summed E-state index contributed by atoms with van der Waals surface area (Å²) in [6, 6.07) is 12.0. The topological polar surface area (TPSA) is 47.0 Å². The number of rotatable bonds is 3. The van der Waals surface area contributed by atoms with E-state index in [0.29, 0.717) is 17.3 Å². The molecular formula is C15H12FN3O. The number of aromatic nitrogens is 2. The van der Waals surface area contributed by atoms with Gasteiger partial charge in [-0.2, -0.15) is 0 Å². The molecule has 0 radical (unpaired) electrons. The Morgan fingerprint density at radius 3 is 2.80 bits per heavy atom. The summed E-state index contributed by atoms with van der Waals surface area (Å²) in [7, 11) is 1.50.